The smallest absolute Gasteiger partial charge is 0.322 e. The van der Waals surface area contributed by atoms with Gasteiger partial charge in [0.2, 0.25) is 0 Å². The van der Waals surface area contributed by atoms with Crippen LogP contribution in [0.4, 0.5) is 8.78 Å². The van der Waals surface area contributed by atoms with Gasteiger partial charge in [0.25, 0.3) is 0 Å². The Labute approximate surface area is 114 Å². The Morgan fingerprint density at radius 3 is 2.95 bits per heavy atom. The molecule has 1 aromatic carbocycles. The van der Waals surface area contributed by atoms with E-state index in [1.54, 1.807) is 0 Å². The maximum atomic E-state index is 13.8. The van der Waals surface area contributed by atoms with Crippen molar-refractivity contribution in [3.63, 3.8) is 0 Å². The van der Waals surface area contributed by atoms with E-state index in [2.05, 4.69) is 10.1 Å². The molecule has 0 aliphatic carbocycles. The van der Waals surface area contributed by atoms with Gasteiger partial charge in [0, 0.05) is 0 Å². The summed E-state index contributed by atoms with van der Waals surface area (Å²) in [5.74, 6) is -1.71. The van der Waals surface area contributed by atoms with Crippen LogP contribution in [0.15, 0.2) is 12.1 Å². The van der Waals surface area contributed by atoms with Gasteiger partial charge in [-0.2, -0.15) is 0 Å². The lowest BCUT2D eigenvalue weighted by atomic mass is 9.96. The van der Waals surface area contributed by atoms with Gasteiger partial charge in [0.05, 0.1) is 7.11 Å². The molecule has 1 aliphatic rings. The summed E-state index contributed by atoms with van der Waals surface area (Å²) in [6.45, 7) is 0.591. The largest absolute Gasteiger partial charge is 0.468 e. The van der Waals surface area contributed by atoms with E-state index < -0.39 is 16.7 Å². The fraction of sp³-hybridized carbons (Fsp3) is 0.462. The molecule has 0 saturated carbocycles. The molecule has 1 aromatic rings. The maximum absolute atomic E-state index is 13.8. The quantitative estimate of drug-likeness (QED) is 0.685. The number of methoxy groups -OCH3 is 1. The van der Waals surface area contributed by atoms with E-state index in [0.29, 0.717) is 24.9 Å². The minimum absolute atomic E-state index is 0.0973. The topological polar surface area (TPSA) is 38.3 Å². The lowest BCUT2D eigenvalue weighted by molar-refractivity contribution is -0.142. The lowest BCUT2D eigenvalue weighted by Gasteiger charge is -2.11. The summed E-state index contributed by atoms with van der Waals surface area (Å²) in [5, 5.41) is 2.54. The Morgan fingerprint density at radius 2 is 2.26 bits per heavy atom. The highest BCUT2D eigenvalue weighted by Gasteiger charge is 2.30. The van der Waals surface area contributed by atoms with Crippen molar-refractivity contribution in [3.05, 3.63) is 34.4 Å². The highest BCUT2D eigenvalue weighted by molar-refractivity contribution is 6.30. The van der Waals surface area contributed by atoms with Gasteiger partial charge in [-0.25, -0.2) is 8.78 Å². The lowest BCUT2D eigenvalue weighted by Crippen LogP contribution is -2.31. The zero-order valence-electron chi connectivity index (χ0n) is 10.4. The predicted octanol–water partition coefficient (Wildman–Crippen LogP) is 2.31. The molecule has 0 spiro atoms. The fourth-order valence-electron chi connectivity index (χ4n) is 2.32. The Morgan fingerprint density at radius 1 is 1.53 bits per heavy atom. The molecule has 19 heavy (non-hydrogen) atoms. The first-order valence-electron chi connectivity index (χ1n) is 5.96. The fourth-order valence-corrected chi connectivity index (χ4v) is 2.51. The zero-order chi connectivity index (χ0) is 14.0. The summed E-state index contributed by atoms with van der Waals surface area (Å²) in [4.78, 5) is 11.3. The Balaban J connectivity index is 2.04. The van der Waals surface area contributed by atoms with Crippen LogP contribution in [0.3, 0.4) is 0 Å². The second-order valence-corrected chi connectivity index (χ2v) is 5.00. The van der Waals surface area contributed by atoms with Gasteiger partial charge >= 0.3 is 5.97 Å². The van der Waals surface area contributed by atoms with Gasteiger partial charge in [-0.1, -0.05) is 17.7 Å². The summed E-state index contributed by atoms with van der Waals surface area (Å²) in [7, 11) is 1.33. The van der Waals surface area contributed by atoms with E-state index in [9.17, 15) is 13.6 Å². The summed E-state index contributed by atoms with van der Waals surface area (Å²) in [6, 6.07) is 2.19. The van der Waals surface area contributed by atoms with Crippen LogP contribution in [0.25, 0.3) is 0 Å². The van der Waals surface area contributed by atoms with Crippen molar-refractivity contribution < 1.29 is 18.3 Å². The van der Waals surface area contributed by atoms with Gasteiger partial charge < -0.3 is 10.1 Å². The Kier molecular flexibility index (Phi) is 4.37. The number of esters is 1. The maximum Gasteiger partial charge on any atom is 0.322 e. The summed E-state index contributed by atoms with van der Waals surface area (Å²) < 4.78 is 31.4. The molecule has 0 radical (unpaired) electrons. The standard InChI is InChI=1S/C13H14ClF2NO2/c1-19-13(18)10-5-7(6-17-10)4-8-2-3-9(15)11(14)12(8)16/h2-3,7,10,17H,4-6H2,1H3/t7?,10-/m0/s1. The third-order valence-electron chi connectivity index (χ3n) is 3.33. The molecular weight excluding hydrogens is 276 g/mol. The molecular formula is C13H14ClF2NO2. The molecule has 2 rings (SSSR count). The summed E-state index contributed by atoms with van der Waals surface area (Å²) in [5.41, 5.74) is 0.365. The van der Waals surface area contributed by atoms with E-state index in [1.807, 2.05) is 0 Å². The highest BCUT2D eigenvalue weighted by Crippen LogP contribution is 2.26. The Hall–Kier alpha value is -1.20. The van der Waals surface area contributed by atoms with Crippen molar-refractivity contribution >= 4 is 17.6 Å². The normalized spacial score (nSPS) is 22.5. The van der Waals surface area contributed by atoms with Gasteiger partial charge in [0.1, 0.15) is 22.7 Å². The second-order valence-electron chi connectivity index (χ2n) is 4.62. The molecule has 104 valence electrons. The van der Waals surface area contributed by atoms with Gasteiger partial charge in [-0.05, 0) is 36.9 Å². The molecule has 1 aliphatic heterocycles. The van der Waals surface area contributed by atoms with E-state index in [-0.39, 0.29) is 17.9 Å². The van der Waals surface area contributed by atoms with Gasteiger partial charge in [-0.3, -0.25) is 4.79 Å². The van der Waals surface area contributed by atoms with E-state index >= 15 is 0 Å². The first-order valence-corrected chi connectivity index (χ1v) is 6.34. The number of halogens is 3. The number of rotatable bonds is 3. The van der Waals surface area contributed by atoms with Crippen LogP contribution in [-0.4, -0.2) is 25.7 Å². The number of carbonyl (C=O) groups is 1. The zero-order valence-corrected chi connectivity index (χ0v) is 11.1. The van der Waals surface area contributed by atoms with Crippen molar-refractivity contribution in [2.75, 3.05) is 13.7 Å². The van der Waals surface area contributed by atoms with Crippen LogP contribution < -0.4 is 5.32 Å². The van der Waals surface area contributed by atoms with Crippen LogP contribution >= 0.6 is 11.6 Å². The molecule has 6 heteroatoms. The minimum atomic E-state index is -0.764. The van der Waals surface area contributed by atoms with Crippen molar-refractivity contribution in [1.82, 2.24) is 5.32 Å². The molecule has 1 fully saturated rings. The second kappa shape index (κ2) is 5.84. The first-order chi connectivity index (χ1) is 9.02. The third-order valence-corrected chi connectivity index (χ3v) is 3.68. The monoisotopic (exact) mass is 289 g/mol. The molecule has 2 atom stereocenters. The van der Waals surface area contributed by atoms with E-state index in [4.69, 9.17) is 11.6 Å². The van der Waals surface area contributed by atoms with Crippen molar-refractivity contribution in [2.45, 2.75) is 18.9 Å². The number of nitrogens with one attached hydrogen (secondary N) is 1. The predicted molar refractivity (Wildman–Crippen MR) is 67.0 cm³/mol. The number of ether oxygens (including phenoxy) is 1. The average molecular weight is 290 g/mol. The van der Waals surface area contributed by atoms with E-state index in [1.165, 1.54) is 13.2 Å². The van der Waals surface area contributed by atoms with Gasteiger partial charge in [0.15, 0.2) is 0 Å². The van der Waals surface area contributed by atoms with Crippen molar-refractivity contribution in [1.29, 1.82) is 0 Å². The SMILES string of the molecule is COC(=O)[C@@H]1CC(Cc2ccc(F)c(Cl)c2F)CN1. The summed E-state index contributed by atoms with van der Waals surface area (Å²) >= 11 is 5.53. The molecule has 1 N–H and O–H groups in total. The number of carbonyl (C=O) groups excluding carboxylic acids is 1. The first kappa shape index (κ1) is 14.2. The van der Waals surface area contributed by atoms with Crippen LogP contribution in [0.5, 0.6) is 0 Å². The van der Waals surface area contributed by atoms with Crippen LogP contribution in [-0.2, 0) is 16.0 Å². The van der Waals surface area contributed by atoms with Gasteiger partial charge in [-0.15, -0.1) is 0 Å². The Bertz CT molecular complexity index is 496. The number of hydrogen-bond acceptors (Lipinski definition) is 3. The molecule has 1 saturated heterocycles. The summed E-state index contributed by atoms with van der Waals surface area (Å²) in [6.07, 6.45) is 0.980. The molecule has 0 aromatic heterocycles. The van der Waals surface area contributed by atoms with Crippen LogP contribution in [0.1, 0.15) is 12.0 Å². The van der Waals surface area contributed by atoms with Crippen molar-refractivity contribution in [2.24, 2.45) is 5.92 Å². The third kappa shape index (κ3) is 3.04. The molecule has 1 heterocycles. The molecule has 3 nitrogen and oxygen atoms in total. The highest BCUT2D eigenvalue weighted by atomic mass is 35.5. The average Bonchev–Trinajstić information content (AvgIpc) is 2.87. The number of benzene rings is 1. The van der Waals surface area contributed by atoms with Crippen LogP contribution in [0, 0.1) is 17.6 Å². The van der Waals surface area contributed by atoms with Crippen LogP contribution in [0.2, 0.25) is 5.02 Å². The molecule has 0 bridgehead atoms. The number of hydrogen-bond donors (Lipinski definition) is 1. The molecule has 1 unspecified atom stereocenters. The van der Waals surface area contributed by atoms with Crippen molar-refractivity contribution in [3.8, 4) is 0 Å². The minimum Gasteiger partial charge on any atom is -0.468 e. The van der Waals surface area contributed by atoms with E-state index in [0.717, 1.165) is 6.07 Å². The molecule has 0 amide bonds.